The van der Waals surface area contributed by atoms with Gasteiger partial charge in [-0.1, -0.05) is 31.7 Å². The van der Waals surface area contributed by atoms with E-state index in [1.807, 2.05) is 0 Å². The number of rotatable bonds is 15. The molecule has 0 fully saturated rings. The second-order valence-corrected chi connectivity index (χ2v) is 18.2. The quantitative estimate of drug-likeness (QED) is 0.0449. The first-order valence-corrected chi connectivity index (χ1v) is 23.7. The fourth-order valence-electron chi connectivity index (χ4n) is 8.13. The number of carbonyl (C=O) groups excluding carboxylic acids is 1. The van der Waals surface area contributed by atoms with E-state index in [-0.39, 0.29) is 69.6 Å². The summed E-state index contributed by atoms with van der Waals surface area (Å²) in [7, 11) is 3.03. The SMILES string of the molecule is C.COc1cccc(-c2cc(F)ccc2[C@H]2Cc3nc(N)nc(C)c3C(NOC[C@@H](O)CN)=N2)n1.COc1cccc(-c2cc(F)ccc2[C@H]2Cc3nc(N)nc(C)c3C(NOC[C@@H](O)CNC(=O)OC(C)(C)C)=N2)n1.I. The van der Waals surface area contributed by atoms with Crippen molar-refractivity contribution >= 4 is 53.6 Å². The molecule has 4 aromatic heterocycles. The van der Waals surface area contributed by atoms with E-state index in [9.17, 15) is 23.8 Å². The summed E-state index contributed by atoms with van der Waals surface area (Å²) in [4.78, 5) is 58.8. The summed E-state index contributed by atoms with van der Waals surface area (Å²) in [5.41, 5.74) is 29.7. The largest absolute Gasteiger partial charge is 0.481 e. The number of aromatic nitrogens is 6. The predicted molar refractivity (Wildman–Crippen MR) is 296 cm³/mol. The molecule has 0 radical (unpaired) electrons. The summed E-state index contributed by atoms with van der Waals surface area (Å²) in [5.74, 6) is 0.924. The Bertz CT molecular complexity index is 3080. The molecule has 0 saturated heterocycles. The highest BCUT2D eigenvalue weighted by Crippen LogP contribution is 2.38. The van der Waals surface area contributed by atoms with Gasteiger partial charge in [0.1, 0.15) is 30.4 Å². The Labute approximate surface area is 461 Å². The van der Waals surface area contributed by atoms with E-state index in [0.717, 1.165) is 5.56 Å². The average molecular weight is 1180 g/mol. The topological polar surface area (TPSA) is 320 Å². The molecule has 77 heavy (non-hydrogen) atoms. The molecule has 11 N–H and O–H groups in total. The van der Waals surface area contributed by atoms with E-state index in [4.69, 9.17) is 51.1 Å². The molecule has 22 nitrogen and oxygen atoms in total. The number of alkyl carbamates (subject to hydrolysis) is 1. The zero-order valence-electron chi connectivity index (χ0n) is 42.8. The molecule has 0 spiro atoms. The first-order chi connectivity index (χ1) is 35.8. The smallest absolute Gasteiger partial charge is 0.407 e. The third-order valence-corrected chi connectivity index (χ3v) is 11.4. The number of aliphatic hydroxyl groups is 2. The lowest BCUT2D eigenvalue weighted by molar-refractivity contribution is 0.00477. The number of nitrogens with one attached hydrogen (secondary N) is 3. The highest BCUT2D eigenvalue weighted by Gasteiger charge is 2.31. The van der Waals surface area contributed by atoms with E-state index < -0.39 is 47.6 Å². The Morgan fingerprint density at radius 3 is 1.56 bits per heavy atom. The van der Waals surface area contributed by atoms with Crippen molar-refractivity contribution in [1.82, 2.24) is 46.2 Å². The van der Waals surface area contributed by atoms with Crippen LogP contribution >= 0.6 is 24.0 Å². The number of halogens is 3. The number of nitrogen functional groups attached to an aromatic ring is 2. The number of aliphatic imine (C=N–C) groups is 2. The Morgan fingerprint density at radius 1 is 0.701 bits per heavy atom. The number of nitrogens with two attached hydrogens (primary N) is 3. The monoisotopic (exact) mass is 1180 g/mol. The zero-order valence-corrected chi connectivity index (χ0v) is 45.1. The van der Waals surface area contributed by atoms with E-state index in [2.05, 4.69) is 46.2 Å². The molecule has 0 unspecified atom stereocenters. The molecule has 25 heteroatoms. The van der Waals surface area contributed by atoms with Crippen LogP contribution in [-0.2, 0) is 27.3 Å². The van der Waals surface area contributed by atoms with Gasteiger partial charge in [0.15, 0.2) is 11.7 Å². The number of aliphatic hydroxyl groups excluding tert-OH is 2. The van der Waals surface area contributed by atoms with E-state index >= 15 is 0 Å². The number of amidine groups is 2. The zero-order chi connectivity index (χ0) is 54.0. The predicted octanol–water partition coefficient (Wildman–Crippen LogP) is 5.74. The summed E-state index contributed by atoms with van der Waals surface area (Å²) in [5, 5.41) is 22.5. The summed E-state index contributed by atoms with van der Waals surface area (Å²) in [6.45, 7) is 8.55. The molecule has 4 atom stereocenters. The van der Waals surface area contributed by atoms with Gasteiger partial charge in [-0.25, -0.2) is 54.4 Å². The van der Waals surface area contributed by atoms with Crippen LogP contribution in [0.5, 0.6) is 11.8 Å². The van der Waals surface area contributed by atoms with Crippen molar-refractivity contribution in [3.05, 3.63) is 129 Å². The van der Waals surface area contributed by atoms with Crippen molar-refractivity contribution in [2.24, 2.45) is 15.7 Å². The highest BCUT2D eigenvalue weighted by atomic mass is 127. The Balaban J connectivity index is 0.000000281. The average Bonchev–Trinajstić information content (AvgIpc) is 3.39. The number of ether oxygens (including phenoxy) is 3. The van der Waals surface area contributed by atoms with Gasteiger partial charge in [-0.15, -0.1) is 24.0 Å². The molecular weight excluding hydrogens is 1110 g/mol. The van der Waals surface area contributed by atoms with Crippen molar-refractivity contribution < 1.29 is 47.7 Å². The molecule has 2 aliphatic heterocycles. The van der Waals surface area contributed by atoms with Crippen molar-refractivity contribution in [2.75, 3.05) is 52.0 Å². The maximum atomic E-state index is 14.4. The first-order valence-electron chi connectivity index (χ1n) is 23.7. The normalized spacial score (nSPS) is 15.2. The molecule has 1 amide bonds. The molecule has 2 aromatic carbocycles. The molecule has 6 heterocycles. The number of benzene rings is 2. The number of hydrogen-bond acceptors (Lipinski definition) is 21. The summed E-state index contributed by atoms with van der Waals surface area (Å²) >= 11 is 0. The van der Waals surface area contributed by atoms with Crippen LogP contribution in [0, 0.1) is 25.5 Å². The molecule has 0 aliphatic carbocycles. The third-order valence-electron chi connectivity index (χ3n) is 11.4. The fourth-order valence-corrected chi connectivity index (χ4v) is 8.13. The lowest BCUT2D eigenvalue weighted by atomic mass is 9.91. The standard InChI is InChI=1S/C28H34FN7O5.C23H26FN7O3.CH4.HI/c1-15-24-22(35-26(30)32-15)12-21(18-10-9-16(29)11-19(18)20-7-6-8-23(33-20)39-5)34-25(24)36-40-14-17(37)13-31-27(38)41-28(2,3)4;1-12-21-19(30-23(26)27-12)9-18(29-22(21)31-34-11-14(32)10-25)15-7-6-13(24)8-16(15)17-4-3-5-20(28-17)33-2;;/h6-11,17,21,37H,12-14H2,1-5H3,(H,31,38)(H,34,36)(H2,30,32,35);3-8,14,18,32H,9-11,25H2,1-2H3,(H,29,31)(H2,26,27,30);1H4;1H/t17-,21+;14-,18+;;/m00../s1. The Morgan fingerprint density at radius 2 is 1.14 bits per heavy atom. The lowest BCUT2D eigenvalue weighted by Gasteiger charge is -2.26. The second-order valence-electron chi connectivity index (χ2n) is 18.2. The maximum Gasteiger partial charge on any atom is 0.407 e. The number of amides is 1. The van der Waals surface area contributed by atoms with Gasteiger partial charge >= 0.3 is 6.09 Å². The van der Waals surface area contributed by atoms with E-state index in [1.54, 1.807) is 83.1 Å². The number of aryl methyl sites for hydroxylation is 2. The van der Waals surface area contributed by atoms with Crippen LogP contribution in [0.1, 0.15) is 85.3 Å². The highest BCUT2D eigenvalue weighted by molar-refractivity contribution is 14.0. The van der Waals surface area contributed by atoms with E-state index in [1.165, 1.54) is 38.5 Å². The lowest BCUT2D eigenvalue weighted by Crippen LogP contribution is -2.40. The van der Waals surface area contributed by atoms with Crippen LogP contribution in [-0.4, -0.2) is 116 Å². The molecule has 0 bridgehead atoms. The van der Waals surface area contributed by atoms with Gasteiger partial charge < -0.3 is 46.9 Å². The molecule has 6 aromatic rings. The van der Waals surface area contributed by atoms with Gasteiger partial charge in [0, 0.05) is 49.2 Å². The van der Waals surface area contributed by atoms with Crippen molar-refractivity contribution in [2.45, 2.75) is 84.8 Å². The minimum atomic E-state index is -1.04. The van der Waals surface area contributed by atoms with Gasteiger partial charge in [0.25, 0.3) is 0 Å². The first kappa shape index (κ1) is 60.6. The molecule has 0 saturated carbocycles. The number of methoxy groups -OCH3 is 2. The van der Waals surface area contributed by atoms with Crippen molar-refractivity contribution in [3.63, 3.8) is 0 Å². The molecule has 412 valence electrons. The number of nitrogens with zero attached hydrogens (tertiary/aromatic N) is 8. The Kier molecular flexibility index (Phi) is 21.4. The minimum absolute atomic E-state index is 0. The number of hydroxylamine groups is 2. The summed E-state index contributed by atoms with van der Waals surface area (Å²) < 4.78 is 44.4. The van der Waals surface area contributed by atoms with Crippen LogP contribution in [0.4, 0.5) is 25.5 Å². The molecule has 2 aliphatic rings. The number of carbonyl (C=O) groups is 1. The number of fused-ring (bicyclic) bond motifs is 2. The number of pyridine rings is 2. The summed E-state index contributed by atoms with van der Waals surface area (Å²) in [6, 6.07) is 18.5. The second kappa shape index (κ2) is 27.1. The van der Waals surface area contributed by atoms with Crippen molar-refractivity contribution in [3.8, 4) is 34.3 Å². The van der Waals surface area contributed by atoms with Crippen LogP contribution < -0.4 is 43.0 Å². The third kappa shape index (κ3) is 15.9. The van der Waals surface area contributed by atoms with Gasteiger partial charge in [-0.2, -0.15) is 0 Å². The van der Waals surface area contributed by atoms with Crippen LogP contribution in [0.2, 0.25) is 0 Å². The summed E-state index contributed by atoms with van der Waals surface area (Å²) in [6.07, 6.45) is -1.76. The van der Waals surface area contributed by atoms with Gasteiger partial charge in [0.2, 0.25) is 23.7 Å². The van der Waals surface area contributed by atoms with Crippen molar-refractivity contribution in [1.29, 1.82) is 0 Å². The van der Waals surface area contributed by atoms with E-state index in [0.29, 0.717) is 98.3 Å². The molecule has 8 rings (SSSR count). The fraction of sp³-hybridized carbons (Fsp3) is 0.365. The number of anilines is 2. The van der Waals surface area contributed by atoms with Crippen LogP contribution in [0.25, 0.3) is 22.5 Å². The Hall–Kier alpha value is -7.30. The molecular formula is C52H65F2IN14O8. The number of hydrogen-bond donors (Lipinski definition) is 8. The van der Waals surface area contributed by atoms with Gasteiger partial charge in [-0.3, -0.25) is 19.7 Å². The minimum Gasteiger partial charge on any atom is -0.481 e. The van der Waals surface area contributed by atoms with Crippen LogP contribution in [0.3, 0.4) is 0 Å². The van der Waals surface area contributed by atoms with Gasteiger partial charge in [-0.05, 0) is 82.1 Å². The maximum absolute atomic E-state index is 14.4. The van der Waals surface area contributed by atoms with Crippen LogP contribution in [0.15, 0.2) is 82.8 Å². The van der Waals surface area contributed by atoms with Gasteiger partial charge in [0.05, 0.1) is 83.8 Å².